The van der Waals surface area contributed by atoms with Crippen LogP contribution in [-0.2, 0) is 26.0 Å². The van der Waals surface area contributed by atoms with Gasteiger partial charge in [0.2, 0.25) is 0 Å². The molecule has 1 heterocycles. The highest BCUT2D eigenvalue weighted by Gasteiger charge is 2.30. The normalized spacial score (nSPS) is 13.8. The predicted octanol–water partition coefficient (Wildman–Crippen LogP) is 0.879. The third-order valence-corrected chi connectivity index (χ3v) is 6.40. The zero-order valence-electron chi connectivity index (χ0n) is 12.0. The summed E-state index contributed by atoms with van der Waals surface area (Å²) in [5.41, 5.74) is 5.53. The molecule has 0 radical (unpaired) electrons. The summed E-state index contributed by atoms with van der Waals surface area (Å²) in [6.45, 7) is 3.11. The second kappa shape index (κ2) is 8.06. The molecule has 8 heteroatoms. The molecule has 0 saturated carbocycles. The van der Waals surface area contributed by atoms with E-state index in [4.69, 9.17) is 15.2 Å². The van der Waals surface area contributed by atoms with Gasteiger partial charge in [0, 0.05) is 38.2 Å². The molecule has 2 N–H and O–H groups in total. The van der Waals surface area contributed by atoms with E-state index in [9.17, 15) is 8.42 Å². The number of ether oxygens (including phenoxy) is 2. The van der Waals surface area contributed by atoms with Crippen molar-refractivity contribution in [2.45, 2.75) is 23.7 Å². The van der Waals surface area contributed by atoms with Gasteiger partial charge in [-0.25, -0.2) is 8.42 Å². The Morgan fingerprint density at radius 1 is 1.35 bits per heavy atom. The van der Waals surface area contributed by atoms with E-state index >= 15 is 0 Å². The molecule has 1 aromatic heterocycles. The summed E-state index contributed by atoms with van der Waals surface area (Å²) in [6, 6.07) is 3.08. The molecule has 20 heavy (non-hydrogen) atoms. The molecule has 0 aliphatic heterocycles. The number of hydrogen-bond acceptors (Lipinski definition) is 6. The van der Waals surface area contributed by atoms with E-state index in [1.165, 1.54) is 15.6 Å². The zero-order chi connectivity index (χ0) is 15.2. The fourth-order valence-corrected chi connectivity index (χ4v) is 4.77. The Balaban J connectivity index is 3.02. The van der Waals surface area contributed by atoms with Gasteiger partial charge in [0.25, 0.3) is 10.0 Å². The van der Waals surface area contributed by atoms with Crippen molar-refractivity contribution in [3.05, 3.63) is 17.0 Å². The fourth-order valence-electron chi connectivity index (χ4n) is 1.81. The van der Waals surface area contributed by atoms with Crippen molar-refractivity contribution in [3.63, 3.8) is 0 Å². The second-order valence-electron chi connectivity index (χ2n) is 4.34. The Morgan fingerprint density at radius 2 is 2.05 bits per heavy atom. The van der Waals surface area contributed by atoms with Crippen LogP contribution in [0.2, 0.25) is 0 Å². The molecule has 116 valence electrons. The van der Waals surface area contributed by atoms with Crippen LogP contribution in [0.4, 0.5) is 0 Å². The first-order chi connectivity index (χ1) is 9.47. The van der Waals surface area contributed by atoms with Gasteiger partial charge >= 0.3 is 0 Å². The number of nitrogens with zero attached hydrogens (tertiary/aromatic N) is 1. The van der Waals surface area contributed by atoms with Crippen molar-refractivity contribution in [1.82, 2.24) is 4.31 Å². The molecule has 0 aliphatic carbocycles. The van der Waals surface area contributed by atoms with E-state index in [1.807, 2.05) is 6.92 Å². The van der Waals surface area contributed by atoms with Crippen molar-refractivity contribution in [1.29, 1.82) is 0 Å². The van der Waals surface area contributed by atoms with E-state index in [-0.39, 0.29) is 6.04 Å². The van der Waals surface area contributed by atoms with Crippen LogP contribution in [0.3, 0.4) is 0 Å². The predicted molar refractivity (Wildman–Crippen MR) is 79.3 cm³/mol. The molecule has 0 aromatic carbocycles. The maximum absolute atomic E-state index is 12.7. The lowest BCUT2D eigenvalue weighted by Crippen LogP contribution is -2.42. The number of thiophene rings is 1. The van der Waals surface area contributed by atoms with Crippen LogP contribution in [0.5, 0.6) is 0 Å². The number of sulfonamides is 1. The zero-order valence-corrected chi connectivity index (χ0v) is 13.7. The van der Waals surface area contributed by atoms with Crippen LogP contribution < -0.4 is 5.73 Å². The van der Waals surface area contributed by atoms with Crippen LogP contribution >= 0.6 is 11.3 Å². The number of rotatable bonds is 9. The molecule has 0 spiro atoms. The lowest BCUT2D eigenvalue weighted by atomic mass is 10.3. The van der Waals surface area contributed by atoms with E-state index in [2.05, 4.69) is 0 Å². The average Bonchev–Trinajstić information content (AvgIpc) is 2.88. The molecule has 0 aliphatic rings. The lowest BCUT2D eigenvalue weighted by molar-refractivity contribution is 0.119. The summed E-state index contributed by atoms with van der Waals surface area (Å²) in [5, 5.41) is 0. The van der Waals surface area contributed by atoms with Crippen molar-refractivity contribution >= 4 is 21.4 Å². The van der Waals surface area contributed by atoms with Gasteiger partial charge in [-0.05, 0) is 19.1 Å². The Hall–Kier alpha value is -0.510. The fraction of sp³-hybridized carbons (Fsp3) is 0.667. The highest BCUT2D eigenvalue weighted by atomic mass is 32.2. The van der Waals surface area contributed by atoms with E-state index in [0.717, 1.165) is 4.88 Å². The standard InChI is InChI=1S/C12H22N2O4S2/c1-10(9-18-3)14(6-7-17-2)20(15,16)12-5-4-11(8-13)19-12/h4-5,10H,6-9,13H2,1-3H3. The van der Waals surface area contributed by atoms with Gasteiger partial charge in [0.15, 0.2) is 0 Å². The largest absolute Gasteiger partial charge is 0.383 e. The van der Waals surface area contributed by atoms with Crippen LogP contribution in [0, 0.1) is 0 Å². The summed E-state index contributed by atoms with van der Waals surface area (Å²) in [5.74, 6) is 0. The van der Waals surface area contributed by atoms with Gasteiger partial charge in [-0.2, -0.15) is 4.31 Å². The molecule has 1 aromatic rings. The number of hydrogen-bond donors (Lipinski definition) is 1. The SMILES string of the molecule is COCCN(C(C)COC)S(=O)(=O)c1ccc(CN)s1. The third kappa shape index (κ3) is 4.24. The van der Waals surface area contributed by atoms with Crippen molar-refractivity contribution in [2.24, 2.45) is 5.73 Å². The summed E-state index contributed by atoms with van der Waals surface area (Å²) < 4.78 is 37.1. The third-order valence-electron chi connectivity index (χ3n) is 2.82. The molecule has 1 unspecified atom stereocenters. The lowest BCUT2D eigenvalue weighted by Gasteiger charge is -2.27. The minimum Gasteiger partial charge on any atom is -0.383 e. The van der Waals surface area contributed by atoms with Crippen LogP contribution in [0.15, 0.2) is 16.3 Å². The molecule has 1 rings (SSSR count). The monoisotopic (exact) mass is 322 g/mol. The van der Waals surface area contributed by atoms with Crippen molar-refractivity contribution < 1.29 is 17.9 Å². The summed E-state index contributed by atoms with van der Waals surface area (Å²) in [6.07, 6.45) is 0. The Kier molecular flexibility index (Phi) is 7.07. The summed E-state index contributed by atoms with van der Waals surface area (Å²) >= 11 is 1.20. The number of nitrogens with two attached hydrogens (primary N) is 1. The van der Waals surface area contributed by atoms with Crippen LogP contribution in [-0.4, -0.2) is 52.7 Å². The van der Waals surface area contributed by atoms with Gasteiger partial charge in [-0.15, -0.1) is 11.3 Å². The Morgan fingerprint density at radius 3 is 2.55 bits per heavy atom. The molecule has 0 bridgehead atoms. The number of methoxy groups -OCH3 is 2. The highest BCUT2D eigenvalue weighted by molar-refractivity contribution is 7.91. The molecule has 0 saturated heterocycles. The first-order valence-corrected chi connectivity index (χ1v) is 8.51. The van der Waals surface area contributed by atoms with Crippen molar-refractivity contribution in [2.75, 3.05) is 34.0 Å². The van der Waals surface area contributed by atoms with E-state index < -0.39 is 10.0 Å². The van der Waals surface area contributed by atoms with Gasteiger partial charge in [0.1, 0.15) is 4.21 Å². The van der Waals surface area contributed by atoms with E-state index in [1.54, 1.807) is 26.4 Å². The minimum absolute atomic E-state index is 0.261. The Labute approximate surface area is 124 Å². The highest BCUT2D eigenvalue weighted by Crippen LogP contribution is 2.26. The quantitative estimate of drug-likeness (QED) is 0.730. The minimum atomic E-state index is -3.55. The average molecular weight is 322 g/mol. The van der Waals surface area contributed by atoms with Gasteiger partial charge < -0.3 is 15.2 Å². The van der Waals surface area contributed by atoms with Crippen LogP contribution in [0.25, 0.3) is 0 Å². The molecular weight excluding hydrogens is 300 g/mol. The first-order valence-electron chi connectivity index (χ1n) is 6.25. The molecule has 0 fully saturated rings. The molecule has 6 nitrogen and oxygen atoms in total. The summed E-state index contributed by atoms with van der Waals surface area (Å²) in [7, 11) is -0.452. The smallest absolute Gasteiger partial charge is 0.252 e. The first kappa shape index (κ1) is 17.5. The Bertz CT molecular complexity index is 501. The summed E-state index contributed by atoms with van der Waals surface area (Å²) in [4.78, 5) is 0.842. The maximum atomic E-state index is 12.7. The maximum Gasteiger partial charge on any atom is 0.252 e. The van der Waals surface area contributed by atoms with Gasteiger partial charge in [0.05, 0.1) is 13.2 Å². The van der Waals surface area contributed by atoms with E-state index in [0.29, 0.717) is 30.5 Å². The molecule has 1 atom stereocenters. The topological polar surface area (TPSA) is 81.9 Å². The van der Waals surface area contributed by atoms with Crippen LogP contribution in [0.1, 0.15) is 11.8 Å². The molecule has 0 amide bonds. The van der Waals surface area contributed by atoms with Gasteiger partial charge in [-0.1, -0.05) is 0 Å². The molecular formula is C12H22N2O4S2. The van der Waals surface area contributed by atoms with Gasteiger partial charge in [-0.3, -0.25) is 0 Å². The van der Waals surface area contributed by atoms with Crippen molar-refractivity contribution in [3.8, 4) is 0 Å². The second-order valence-corrected chi connectivity index (χ2v) is 7.62.